The first-order valence-electron chi connectivity index (χ1n) is 12.9. The number of aliphatic hydroxyl groups is 1. The summed E-state index contributed by atoms with van der Waals surface area (Å²) in [5.41, 5.74) is 1.10. The van der Waals surface area contributed by atoms with Crippen molar-refractivity contribution in [2.75, 3.05) is 47.0 Å². The Kier molecular flexibility index (Phi) is 9.97. The number of methoxy groups -OCH3 is 2. The predicted octanol–water partition coefficient (Wildman–Crippen LogP) is 4.65. The number of Topliss-reactive ketones (excluding diaryl/α,β-unsaturated/α-hetero) is 1. The molecule has 1 fully saturated rings. The molecule has 0 radical (unpaired) electrons. The van der Waals surface area contributed by atoms with Crippen molar-refractivity contribution in [1.29, 1.82) is 0 Å². The number of benzene rings is 2. The molecule has 1 N–H and O–H groups in total. The van der Waals surface area contributed by atoms with E-state index in [0.29, 0.717) is 48.1 Å². The Bertz CT molecular complexity index is 1130. The molecule has 3 rings (SSSR count). The van der Waals surface area contributed by atoms with Gasteiger partial charge in [0.15, 0.2) is 11.5 Å². The topological polar surface area (TPSA) is 88.5 Å². The highest BCUT2D eigenvalue weighted by Crippen LogP contribution is 2.42. The lowest BCUT2D eigenvalue weighted by molar-refractivity contribution is -0.140. The van der Waals surface area contributed by atoms with Crippen LogP contribution in [0.5, 0.6) is 17.2 Å². The molecule has 0 bridgehead atoms. The van der Waals surface area contributed by atoms with Gasteiger partial charge in [-0.25, -0.2) is 0 Å². The van der Waals surface area contributed by atoms with Crippen molar-refractivity contribution in [3.8, 4) is 17.2 Å². The highest BCUT2D eigenvalue weighted by atomic mass is 16.5. The van der Waals surface area contributed by atoms with Gasteiger partial charge in [-0.1, -0.05) is 45.4 Å². The molecule has 1 atom stereocenters. The molecule has 2 aromatic rings. The minimum Gasteiger partial charge on any atom is -0.507 e. The molecule has 200 valence electrons. The van der Waals surface area contributed by atoms with Crippen molar-refractivity contribution in [1.82, 2.24) is 9.80 Å². The Labute approximate surface area is 219 Å². The molecule has 0 spiro atoms. The lowest BCUT2D eigenvalue weighted by Gasteiger charge is -2.28. The monoisotopic (exact) mass is 510 g/mol. The molecule has 1 aliphatic heterocycles. The fourth-order valence-electron chi connectivity index (χ4n) is 4.47. The average molecular weight is 511 g/mol. The summed E-state index contributed by atoms with van der Waals surface area (Å²) in [6.45, 7) is 9.35. The normalized spacial score (nSPS) is 16.9. The van der Waals surface area contributed by atoms with Crippen LogP contribution < -0.4 is 14.2 Å². The molecule has 0 aromatic heterocycles. The molecular formula is C29H38N2O6. The van der Waals surface area contributed by atoms with Crippen molar-refractivity contribution in [2.24, 2.45) is 0 Å². The third-order valence-electron chi connectivity index (χ3n) is 6.69. The largest absolute Gasteiger partial charge is 0.507 e. The van der Waals surface area contributed by atoms with Crippen molar-refractivity contribution in [3.63, 3.8) is 0 Å². The molecule has 0 saturated carbocycles. The Morgan fingerprint density at radius 2 is 1.76 bits per heavy atom. The Hall–Kier alpha value is -3.52. The molecule has 1 amide bonds. The number of carbonyl (C=O) groups is 2. The van der Waals surface area contributed by atoms with E-state index in [1.165, 1.54) is 7.11 Å². The van der Waals surface area contributed by atoms with Crippen LogP contribution in [0.3, 0.4) is 0 Å². The number of rotatable bonds is 13. The van der Waals surface area contributed by atoms with Crippen LogP contribution in [0, 0.1) is 0 Å². The highest BCUT2D eigenvalue weighted by molar-refractivity contribution is 6.46. The quantitative estimate of drug-likeness (QED) is 0.182. The van der Waals surface area contributed by atoms with Crippen molar-refractivity contribution < 1.29 is 28.9 Å². The van der Waals surface area contributed by atoms with Crippen LogP contribution >= 0.6 is 0 Å². The number of nitrogens with zero attached hydrogens (tertiary/aromatic N) is 2. The van der Waals surface area contributed by atoms with Crippen LogP contribution in [0.4, 0.5) is 0 Å². The average Bonchev–Trinajstić information content (AvgIpc) is 3.18. The van der Waals surface area contributed by atoms with Gasteiger partial charge in [-0.3, -0.25) is 9.59 Å². The zero-order chi connectivity index (χ0) is 26.9. The van der Waals surface area contributed by atoms with Crippen LogP contribution in [-0.2, 0) is 9.59 Å². The van der Waals surface area contributed by atoms with Crippen LogP contribution in [0.2, 0.25) is 0 Å². The van der Waals surface area contributed by atoms with Gasteiger partial charge in [-0.05, 0) is 49.3 Å². The zero-order valence-corrected chi connectivity index (χ0v) is 22.5. The second kappa shape index (κ2) is 13.1. The van der Waals surface area contributed by atoms with Gasteiger partial charge in [0.25, 0.3) is 11.7 Å². The molecular weight excluding hydrogens is 472 g/mol. The maximum atomic E-state index is 13.3. The number of likely N-dealkylation sites (tertiary alicyclic amines) is 1. The molecule has 1 saturated heterocycles. The fraction of sp³-hybridized carbons (Fsp3) is 0.448. The van der Waals surface area contributed by atoms with Crippen molar-refractivity contribution in [2.45, 2.75) is 39.7 Å². The Morgan fingerprint density at radius 1 is 1.00 bits per heavy atom. The number of carbonyl (C=O) groups excluding carboxylic acids is 2. The van der Waals surface area contributed by atoms with Crippen molar-refractivity contribution >= 4 is 17.4 Å². The minimum absolute atomic E-state index is 0.0412. The number of hydrogen-bond donors (Lipinski definition) is 1. The second-order valence-electron chi connectivity index (χ2n) is 8.86. The second-order valence-corrected chi connectivity index (χ2v) is 8.86. The first kappa shape index (κ1) is 28.1. The van der Waals surface area contributed by atoms with Crippen LogP contribution in [0.1, 0.15) is 50.8 Å². The van der Waals surface area contributed by atoms with Crippen LogP contribution in [0.25, 0.3) is 5.76 Å². The third kappa shape index (κ3) is 6.25. The van der Waals surface area contributed by atoms with Crippen molar-refractivity contribution in [3.05, 3.63) is 59.2 Å². The fourth-order valence-corrected chi connectivity index (χ4v) is 4.47. The number of likely N-dealkylation sites (N-methyl/N-ethyl adjacent to an activating group) is 1. The van der Waals surface area contributed by atoms with E-state index in [4.69, 9.17) is 14.2 Å². The maximum Gasteiger partial charge on any atom is 0.295 e. The van der Waals surface area contributed by atoms with E-state index < -0.39 is 17.7 Å². The minimum atomic E-state index is -0.777. The van der Waals surface area contributed by atoms with Gasteiger partial charge in [0.2, 0.25) is 0 Å². The molecule has 1 aliphatic rings. The van der Waals surface area contributed by atoms with E-state index in [1.54, 1.807) is 48.4 Å². The smallest absolute Gasteiger partial charge is 0.295 e. The van der Waals surface area contributed by atoms with Gasteiger partial charge in [0.1, 0.15) is 11.5 Å². The zero-order valence-electron chi connectivity index (χ0n) is 22.5. The summed E-state index contributed by atoms with van der Waals surface area (Å²) in [4.78, 5) is 30.3. The molecule has 0 aliphatic carbocycles. The summed E-state index contributed by atoms with van der Waals surface area (Å²) in [6.07, 6.45) is 1.92. The summed E-state index contributed by atoms with van der Waals surface area (Å²) in [7, 11) is 3.08. The van der Waals surface area contributed by atoms with Gasteiger partial charge in [-0.2, -0.15) is 0 Å². The summed E-state index contributed by atoms with van der Waals surface area (Å²) in [5, 5.41) is 11.3. The van der Waals surface area contributed by atoms with E-state index in [2.05, 4.69) is 25.7 Å². The third-order valence-corrected chi connectivity index (χ3v) is 6.69. The molecule has 37 heavy (non-hydrogen) atoms. The van der Waals surface area contributed by atoms with Gasteiger partial charge in [0, 0.05) is 18.7 Å². The first-order valence-corrected chi connectivity index (χ1v) is 12.9. The summed E-state index contributed by atoms with van der Waals surface area (Å²) >= 11 is 0. The number of aliphatic hydroxyl groups excluding tert-OH is 1. The number of unbranched alkanes of at least 4 members (excludes halogenated alkanes) is 1. The molecule has 8 heteroatoms. The van der Waals surface area contributed by atoms with Gasteiger partial charge in [-0.15, -0.1) is 0 Å². The van der Waals surface area contributed by atoms with Gasteiger partial charge < -0.3 is 29.1 Å². The maximum absolute atomic E-state index is 13.3. The molecule has 1 heterocycles. The van der Waals surface area contributed by atoms with E-state index >= 15 is 0 Å². The van der Waals surface area contributed by atoms with E-state index in [9.17, 15) is 14.7 Å². The predicted molar refractivity (Wildman–Crippen MR) is 143 cm³/mol. The highest BCUT2D eigenvalue weighted by Gasteiger charge is 2.46. The molecule has 2 aromatic carbocycles. The summed E-state index contributed by atoms with van der Waals surface area (Å²) in [6, 6.07) is 11.4. The first-order chi connectivity index (χ1) is 17.9. The Morgan fingerprint density at radius 3 is 2.41 bits per heavy atom. The number of amides is 1. The lowest BCUT2D eigenvalue weighted by atomic mass is 9.95. The standard InChI is InChI=1S/C29H38N2O6/c1-6-9-17-37-23-14-13-20(19-24(23)36-5)26-25(27(32)21-11-10-12-22(18-21)35-4)28(33)29(34)31(26)16-15-30(7-2)8-3/h10-14,18-19,26,32H,6-9,15-17H2,1-5H3. The summed E-state index contributed by atoms with van der Waals surface area (Å²) < 4.78 is 16.8. The summed E-state index contributed by atoms with van der Waals surface area (Å²) in [5.74, 6) is 0.0364. The molecule has 8 nitrogen and oxygen atoms in total. The Balaban J connectivity index is 2.11. The number of ketones is 1. The number of hydrogen-bond acceptors (Lipinski definition) is 7. The van der Waals surface area contributed by atoms with Crippen LogP contribution in [-0.4, -0.2) is 73.6 Å². The SMILES string of the molecule is CCCCOc1ccc(C2C(=C(O)c3cccc(OC)c3)C(=O)C(=O)N2CCN(CC)CC)cc1OC. The number of ether oxygens (including phenoxy) is 3. The van der Waals surface area contributed by atoms with E-state index in [1.807, 2.05) is 6.07 Å². The molecule has 1 unspecified atom stereocenters. The van der Waals surface area contributed by atoms with Crippen LogP contribution in [0.15, 0.2) is 48.0 Å². The van der Waals surface area contributed by atoms with E-state index in [0.717, 1.165) is 25.9 Å². The lowest BCUT2D eigenvalue weighted by Crippen LogP contribution is -2.38. The van der Waals surface area contributed by atoms with E-state index in [-0.39, 0.29) is 11.3 Å². The van der Waals surface area contributed by atoms with Gasteiger partial charge in [0.05, 0.1) is 32.4 Å². The van der Waals surface area contributed by atoms with Gasteiger partial charge >= 0.3 is 0 Å².